The number of aliphatic imine (C=N–C) groups is 1. The lowest BCUT2D eigenvalue weighted by Gasteiger charge is -2.34. The zero-order valence-electron chi connectivity index (χ0n) is 12.2. The SMILES string of the molecule is C=C/C(C)=C\C=NC.CN1CCC(C)(C)CC1. The highest BCUT2D eigenvalue weighted by atomic mass is 15.1. The van der Waals surface area contributed by atoms with E-state index in [9.17, 15) is 0 Å². The number of hydrogen-bond acceptors (Lipinski definition) is 2. The van der Waals surface area contributed by atoms with Gasteiger partial charge in [-0.25, -0.2) is 0 Å². The number of allylic oxidation sites excluding steroid dienone is 3. The number of rotatable bonds is 2. The molecule has 0 N–H and O–H groups in total. The van der Waals surface area contributed by atoms with Crippen LogP contribution < -0.4 is 0 Å². The van der Waals surface area contributed by atoms with Crippen LogP contribution in [0.3, 0.4) is 0 Å². The molecule has 0 aromatic heterocycles. The molecule has 1 heterocycles. The Labute approximate surface area is 107 Å². The van der Waals surface area contributed by atoms with Crippen LogP contribution in [0.15, 0.2) is 29.3 Å². The number of hydrogen-bond donors (Lipinski definition) is 0. The molecular weight excluding hydrogens is 208 g/mol. The predicted octanol–water partition coefficient (Wildman–Crippen LogP) is 3.56. The van der Waals surface area contributed by atoms with Gasteiger partial charge in [0, 0.05) is 13.3 Å². The first kappa shape index (κ1) is 16.1. The normalized spacial score (nSPS) is 20.9. The van der Waals surface area contributed by atoms with Crippen LogP contribution >= 0.6 is 0 Å². The van der Waals surface area contributed by atoms with E-state index in [2.05, 4.69) is 37.4 Å². The second-order valence-corrected chi connectivity index (χ2v) is 5.49. The Kier molecular flexibility index (Phi) is 7.81. The topological polar surface area (TPSA) is 15.6 Å². The van der Waals surface area contributed by atoms with Crippen molar-refractivity contribution in [2.75, 3.05) is 27.2 Å². The van der Waals surface area contributed by atoms with Crippen molar-refractivity contribution in [2.24, 2.45) is 10.4 Å². The average Bonchev–Trinajstić information content (AvgIpc) is 2.31. The summed E-state index contributed by atoms with van der Waals surface area (Å²) in [6.45, 7) is 12.9. The van der Waals surface area contributed by atoms with Gasteiger partial charge >= 0.3 is 0 Å². The fourth-order valence-corrected chi connectivity index (χ4v) is 1.48. The van der Waals surface area contributed by atoms with Crippen molar-refractivity contribution >= 4 is 6.21 Å². The maximum absolute atomic E-state index is 3.77. The molecule has 98 valence electrons. The molecule has 17 heavy (non-hydrogen) atoms. The van der Waals surface area contributed by atoms with E-state index in [1.807, 2.05) is 13.0 Å². The molecule has 0 amide bonds. The first-order valence-corrected chi connectivity index (χ1v) is 6.31. The minimum atomic E-state index is 0.618. The van der Waals surface area contributed by atoms with Crippen LogP contribution in [0.4, 0.5) is 0 Å². The number of nitrogens with zero attached hydrogens (tertiary/aromatic N) is 2. The molecule has 1 saturated heterocycles. The Morgan fingerprint density at radius 2 is 1.82 bits per heavy atom. The summed E-state index contributed by atoms with van der Waals surface area (Å²) in [5.74, 6) is 0. The quantitative estimate of drug-likeness (QED) is 0.529. The van der Waals surface area contributed by atoms with Crippen LogP contribution in [-0.2, 0) is 0 Å². The van der Waals surface area contributed by atoms with E-state index in [4.69, 9.17) is 0 Å². The highest BCUT2D eigenvalue weighted by Crippen LogP contribution is 2.28. The van der Waals surface area contributed by atoms with Gasteiger partial charge in [-0.3, -0.25) is 4.99 Å². The molecular formula is C15H28N2. The second-order valence-electron chi connectivity index (χ2n) is 5.49. The summed E-state index contributed by atoms with van der Waals surface area (Å²) in [7, 11) is 3.95. The molecule has 0 atom stereocenters. The number of piperidine rings is 1. The lowest BCUT2D eigenvalue weighted by molar-refractivity contribution is 0.157. The first-order valence-electron chi connectivity index (χ1n) is 6.31. The van der Waals surface area contributed by atoms with E-state index in [1.165, 1.54) is 25.9 Å². The van der Waals surface area contributed by atoms with Crippen molar-refractivity contribution in [1.82, 2.24) is 4.90 Å². The van der Waals surface area contributed by atoms with Crippen molar-refractivity contribution in [3.05, 3.63) is 24.3 Å². The standard InChI is InChI=1S/C8H17N.C7H11N/c1-8(2)4-6-9(3)7-5-8;1-4-7(2)5-6-8-3/h4-7H2,1-3H3;4-6H,1H2,2-3H3/b;7-5-,8-6?. The van der Waals surface area contributed by atoms with Crippen LogP contribution in [0.5, 0.6) is 0 Å². The van der Waals surface area contributed by atoms with Gasteiger partial charge in [-0.1, -0.05) is 32.1 Å². The molecule has 0 radical (unpaired) electrons. The summed E-state index contributed by atoms with van der Waals surface area (Å²) in [6.07, 6.45) is 8.18. The van der Waals surface area contributed by atoms with E-state index in [1.54, 1.807) is 19.3 Å². The minimum Gasteiger partial charge on any atom is -0.306 e. The summed E-state index contributed by atoms with van der Waals surface area (Å²) in [5, 5.41) is 0. The molecule has 0 spiro atoms. The molecule has 0 unspecified atom stereocenters. The van der Waals surface area contributed by atoms with Crippen LogP contribution in [0.1, 0.15) is 33.6 Å². The van der Waals surface area contributed by atoms with Gasteiger partial charge in [0.25, 0.3) is 0 Å². The minimum absolute atomic E-state index is 0.618. The maximum Gasteiger partial charge on any atom is 0.0277 e. The first-order chi connectivity index (χ1) is 7.91. The third-order valence-corrected chi connectivity index (χ3v) is 3.15. The lowest BCUT2D eigenvalue weighted by Crippen LogP contribution is -2.34. The Morgan fingerprint density at radius 1 is 1.29 bits per heavy atom. The predicted molar refractivity (Wildman–Crippen MR) is 78.9 cm³/mol. The van der Waals surface area contributed by atoms with Gasteiger partial charge in [0.2, 0.25) is 0 Å². The summed E-state index contributed by atoms with van der Waals surface area (Å²) < 4.78 is 0. The van der Waals surface area contributed by atoms with Crippen LogP contribution in [-0.4, -0.2) is 38.3 Å². The van der Waals surface area contributed by atoms with E-state index in [0.29, 0.717) is 5.41 Å². The average molecular weight is 236 g/mol. The van der Waals surface area contributed by atoms with E-state index < -0.39 is 0 Å². The molecule has 1 fully saturated rings. The largest absolute Gasteiger partial charge is 0.306 e. The Hall–Kier alpha value is -0.890. The summed E-state index contributed by atoms with van der Waals surface area (Å²) in [4.78, 5) is 6.18. The Balaban J connectivity index is 0.000000304. The molecule has 0 aromatic rings. The second kappa shape index (κ2) is 8.24. The molecule has 1 aliphatic heterocycles. The van der Waals surface area contributed by atoms with Crippen molar-refractivity contribution in [3.8, 4) is 0 Å². The van der Waals surface area contributed by atoms with Gasteiger partial charge in [0.05, 0.1) is 0 Å². The van der Waals surface area contributed by atoms with Gasteiger partial charge in [0.15, 0.2) is 0 Å². The monoisotopic (exact) mass is 236 g/mol. The van der Waals surface area contributed by atoms with Crippen molar-refractivity contribution in [3.63, 3.8) is 0 Å². The molecule has 1 rings (SSSR count). The summed E-state index contributed by atoms with van der Waals surface area (Å²) in [5.41, 5.74) is 1.75. The maximum atomic E-state index is 3.77. The Bertz CT molecular complexity index is 265. The van der Waals surface area contributed by atoms with Gasteiger partial charge in [-0.2, -0.15) is 0 Å². The smallest absolute Gasteiger partial charge is 0.0277 e. The van der Waals surface area contributed by atoms with Gasteiger partial charge < -0.3 is 4.90 Å². The van der Waals surface area contributed by atoms with Crippen LogP contribution in [0.25, 0.3) is 0 Å². The van der Waals surface area contributed by atoms with Gasteiger partial charge in [0.1, 0.15) is 0 Å². The fourth-order valence-electron chi connectivity index (χ4n) is 1.48. The van der Waals surface area contributed by atoms with E-state index in [-0.39, 0.29) is 0 Å². The van der Waals surface area contributed by atoms with Gasteiger partial charge in [-0.15, -0.1) is 0 Å². The Morgan fingerprint density at radius 3 is 2.18 bits per heavy atom. The zero-order valence-corrected chi connectivity index (χ0v) is 12.2. The molecule has 0 aliphatic carbocycles. The van der Waals surface area contributed by atoms with Gasteiger partial charge in [-0.05, 0) is 51.4 Å². The zero-order chi connectivity index (χ0) is 13.3. The fraction of sp³-hybridized carbons (Fsp3) is 0.667. The third kappa shape index (κ3) is 8.87. The van der Waals surface area contributed by atoms with Crippen molar-refractivity contribution in [1.29, 1.82) is 0 Å². The van der Waals surface area contributed by atoms with Crippen LogP contribution in [0.2, 0.25) is 0 Å². The lowest BCUT2D eigenvalue weighted by atomic mass is 9.83. The molecule has 1 aliphatic rings. The molecule has 2 heteroatoms. The van der Waals surface area contributed by atoms with Crippen molar-refractivity contribution < 1.29 is 0 Å². The molecule has 2 nitrogen and oxygen atoms in total. The highest BCUT2D eigenvalue weighted by molar-refractivity contribution is 5.72. The summed E-state index contributed by atoms with van der Waals surface area (Å²) >= 11 is 0. The molecule has 0 aromatic carbocycles. The third-order valence-electron chi connectivity index (χ3n) is 3.15. The van der Waals surface area contributed by atoms with E-state index >= 15 is 0 Å². The highest BCUT2D eigenvalue weighted by Gasteiger charge is 2.22. The molecule has 0 bridgehead atoms. The van der Waals surface area contributed by atoms with Crippen LogP contribution in [0, 0.1) is 5.41 Å². The molecule has 0 saturated carbocycles. The van der Waals surface area contributed by atoms with E-state index in [0.717, 1.165) is 5.57 Å². The summed E-state index contributed by atoms with van der Waals surface area (Å²) in [6, 6.07) is 0. The number of likely N-dealkylation sites (tertiary alicyclic amines) is 1. The van der Waals surface area contributed by atoms with Crippen molar-refractivity contribution in [2.45, 2.75) is 33.6 Å².